The lowest BCUT2D eigenvalue weighted by Crippen LogP contribution is -2.37. The number of rotatable bonds is 4. The fraction of sp³-hybridized carbons (Fsp3) is 0.800. The van der Waals surface area contributed by atoms with Gasteiger partial charge in [-0.2, -0.15) is 0 Å². The molecule has 0 aromatic rings. The predicted octanol–water partition coefficient (Wildman–Crippen LogP) is 4.11. The summed E-state index contributed by atoms with van der Waals surface area (Å²) in [5.74, 6) is 1.21. The number of ether oxygens (including phenoxy) is 1. The number of carbonyl (C=O) groups is 1. The molecule has 0 aromatic heterocycles. The van der Waals surface area contributed by atoms with Crippen LogP contribution in [0.3, 0.4) is 0 Å². The van der Waals surface area contributed by atoms with Crippen LogP contribution in [0.2, 0.25) is 19.6 Å². The Kier molecular flexibility index (Phi) is 4.88. The zero-order valence-corrected chi connectivity index (χ0v) is 14.4. The molecule has 0 spiro atoms. The Balaban J connectivity index is 3.03. The second-order valence-electron chi connectivity index (χ2n) is 6.98. The van der Waals surface area contributed by atoms with E-state index in [1.807, 2.05) is 13.8 Å². The predicted molar refractivity (Wildman–Crippen MR) is 80.3 cm³/mol. The summed E-state index contributed by atoms with van der Waals surface area (Å²) in [6.45, 7) is 12.7. The van der Waals surface area contributed by atoms with Crippen LogP contribution < -0.4 is 0 Å². The summed E-state index contributed by atoms with van der Waals surface area (Å²) >= 11 is 0. The van der Waals surface area contributed by atoms with Gasteiger partial charge in [-0.1, -0.05) is 0 Å². The van der Waals surface area contributed by atoms with Gasteiger partial charge in [-0.3, -0.25) is 4.79 Å². The van der Waals surface area contributed by atoms with E-state index < -0.39 is 13.7 Å². The molecule has 0 amide bonds. The normalized spacial score (nSPS) is 21.3. The van der Waals surface area contributed by atoms with Crippen LogP contribution in [0.15, 0.2) is 11.3 Å². The van der Waals surface area contributed by atoms with Gasteiger partial charge in [0.05, 0.1) is 18.3 Å². The van der Waals surface area contributed by atoms with Crippen molar-refractivity contribution in [3.8, 4) is 0 Å². The van der Waals surface area contributed by atoms with E-state index in [9.17, 15) is 4.79 Å². The van der Waals surface area contributed by atoms with Crippen molar-refractivity contribution in [2.75, 3.05) is 7.11 Å². The van der Waals surface area contributed by atoms with E-state index in [1.165, 1.54) is 12.7 Å². The first-order valence-electron chi connectivity index (χ1n) is 7.06. The van der Waals surface area contributed by atoms with E-state index in [2.05, 4.69) is 26.6 Å². The maximum atomic E-state index is 12.0. The summed E-state index contributed by atoms with van der Waals surface area (Å²) in [7, 11) is -0.121. The topological polar surface area (TPSA) is 35.5 Å². The molecule has 1 aliphatic rings. The number of hydrogen-bond donors (Lipinski definition) is 0. The van der Waals surface area contributed by atoms with Crippen molar-refractivity contribution >= 4 is 14.3 Å². The van der Waals surface area contributed by atoms with Gasteiger partial charge in [0.25, 0.3) is 0 Å². The average molecular weight is 284 g/mol. The first-order chi connectivity index (χ1) is 8.59. The van der Waals surface area contributed by atoms with Gasteiger partial charge in [0.1, 0.15) is 0 Å². The van der Waals surface area contributed by atoms with Crippen molar-refractivity contribution in [3.63, 3.8) is 0 Å². The van der Waals surface area contributed by atoms with E-state index in [1.54, 1.807) is 0 Å². The van der Waals surface area contributed by atoms with E-state index in [-0.39, 0.29) is 11.9 Å². The van der Waals surface area contributed by atoms with Gasteiger partial charge in [0, 0.05) is 6.42 Å². The van der Waals surface area contributed by atoms with E-state index in [0.29, 0.717) is 0 Å². The van der Waals surface area contributed by atoms with Crippen molar-refractivity contribution in [1.29, 1.82) is 0 Å². The van der Waals surface area contributed by atoms with Crippen LogP contribution in [-0.2, 0) is 14.0 Å². The molecule has 19 heavy (non-hydrogen) atoms. The molecule has 1 unspecified atom stereocenters. The van der Waals surface area contributed by atoms with Gasteiger partial charge < -0.3 is 9.16 Å². The van der Waals surface area contributed by atoms with Crippen LogP contribution in [0.4, 0.5) is 0 Å². The van der Waals surface area contributed by atoms with Crippen LogP contribution in [0, 0.1) is 11.3 Å². The Morgan fingerprint density at radius 3 is 2.37 bits per heavy atom. The molecule has 1 rings (SSSR count). The maximum absolute atomic E-state index is 12.0. The monoisotopic (exact) mass is 284 g/mol. The van der Waals surface area contributed by atoms with Crippen LogP contribution in [0.5, 0.6) is 0 Å². The molecular weight excluding hydrogens is 256 g/mol. The molecule has 0 heterocycles. The average Bonchev–Trinajstić information content (AvgIpc) is 2.28. The molecule has 4 heteroatoms. The van der Waals surface area contributed by atoms with Crippen molar-refractivity contribution in [3.05, 3.63) is 11.3 Å². The zero-order valence-electron chi connectivity index (χ0n) is 13.4. The Bertz CT molecular complexity index is 377. The highest BCUT2D eigenvalue weighted by Crippen LogP contribution is 2.43. The molecule has 0 saturated carbocycles. The summed E-state index contributed by atoms with van der Waals surface area (Å²) in [4.78, 5) is 12.0. The zero-order chi connectivity index (χ0) is 14.8. The molecule has 0 saturated heterocycles. The second-order valence-corrected chi connectivity index (χ2v) is 11.4. The molecule has 0 fully saturated rings. The third kappa shape index (κ3) is 3.85. The van der Waals surface area contributed by atoms with E-state index >= 15 is 0 Å². The number of methoxy groups -OCH3 is 1. The number of hydrogen-bond acceptors (Lipinski definition) is 3. The smallest absolute Gasteiger partial charge is 0.311 e. The summed E-state index contributed by atoms with van der Waals surface area (Å²) in [6.07, 6.45) is 3.12. The van der Waals surface area contributed by atoms with Crippen LogP contribution in [-0.4, -0.2) is 21.4 Å². The molecular formula is C15H28O3Si. The van der Waals surface area contributed by atoms with Gasteiger partial charge >= 0.3 is 5.97 Å². The fourth-order valence-electron chi connectivity index (χ4n) is 2.88. The molecule has 0 aliphatic heterocycles. The van der Waals surface area contributed by atoms with Gasteiger partial charge in [0.15, 0.2) is 0 Å². The first-order valence-corrected chi connectivity index (χ1v) is 10.5. The van der Waals surface area contributed by atoms with Crippen LogP contribution in [0.25, 0.3) is 0 Å². The lowest BCUT2D eigenvalue weighted by molar-refractivity contribution is -0.153. The lowest BCUT2D eigenvalue weighted by Gasteiger charge is -2.38. The largest absolute Gasteiger partial charge is 0.547 e. The summed E-state index contributed by atoms with van der Waals surface area (Å²) in [5.41, 5.74) is 0.761. The standard InChI is InChI=1S/C15H28O3Si/c1-11-12(15(2,3)14(16)17-4)9-8-10-13(11)18-19(5,6)7/h12H,8-10H2,1-7H3. The summed E-state index contributed by atoms with van der Waals surface area (Å²) in [6, 6.07) is 0. The van der Waals surface area contributed by atoms with Gasteiger partial charge in [-0.15, -0.1) is 0 Å². The molecule has 3 nitrogen and oxygen atoms in total. The molecule has 0 bridgehead atoms. The Labute approximate surface area is 118 Å². The van der Waals surface area contributed by atoms with Gasteiger partial charge in [0.2, 0.25) is 8.32 Å². The van der Waals surface area contributed by atoms with Crippen molar-refractivity contribution < 1.29 is 14.0 Å². The van der Waals surface area contributed by atoms with Crippen LogP contribution in [0.1, 0.15) is 40.0 Å². The molecule has 0 aromatic carbocycles. The fourth-order valence-corrected chi connectivity index (χ4v) is 3.89. The first kappa shape index (κ1) is 16.3. The lowest BCUT2D eigenvalue weighted by atomic mass is 9.70. The van der Waals surface area contributed by atoms with Gasteiger partial charge in [-0.05, 0) is 64.7 Å². The summed E-state index contributed by atoms with van der Waals surface area (Å²) < 4.78 is 11.2. The van der Waals surface area contributed by atoms with E-state index in [4.69, 9.17) is 9.16 Å². The third-order valence-corrected chi connectivity index (χ3v) is 4.73. The number of allylic oxidation sites excluding steroid dienone is 2. The Morgan fingerprint density at radius 2 is 1.89 bits per heavy atom. The highest BCUT2D eigenvalue weighted by Gasteiger charge is 2.41. The van der Waals surface area contributed by atoms with Crippen molar-refractivity contribution in [1.82, 2.24) is 0 Å². The SMILES string of the molecule is COC(=O)C(C)(C)C1CCCC(O[Si](C)(C)C)=C1C. The van der Waals surface area contributed by atoms with Crippen molar-refractivity contribution in [2.24, 2.45) is 11.3 Å². The molecule has 110 valence electrons. The molecule has 0 N–H and O–H groups in total. The third-order valence-electron chi connectivity index (χ3n) is 3.87. The molecule has 1 atom stereocenters. The minimum absolute atomic E-state index is 0.133. The van der Waals surface area contributed by atoms with E-state index in [0.717, 1.165) is 25.0 Å². The molecule has 1 aliphatic carbocycles. The van der Waals surface area contributed by atoms with Crippen LogP contribution >= 0.6 is 0 Å². The highest BCUT2D eigenvalue weighted by molar-refractivity contribution is 6.70. The Hall–Kier alpha value is -0.773. The summed E-state index contributed by atoms with van der Waals surface area (Å²) in [5, 5.41) is 0. The second kappa shape index (κ2) is 5.69. The maximum Gasteiger partial charge on any atom is 0.311 e. The van der Waals surface area contributed by atoms with Crippen molar-refractivity contribution in [2.45, 2.75) is 59.7 Å². The minimum Gasteiger partial charge on any atom is -0.547 e. The number of carbonyl (C=O) groups excluding carboxylic acids is 1. The number of esters is 1. The Morgan fingerprint density at radius 1 is 1.32 bits per heavy atom. The quantitative estimate of drug-likeness (QED) is 0.575. The molecule has 0 radical (unpaired) electrons. The van der Waals surface area contributed by atoms with Gasteiger partial charge in [-0.25, -0.2) is 0 Å². The minimum atomic E-state index is -1.58. The highest BCUT2D eigenvalue weighted by atomic mass is 28.4.